The molecule has 1 aromatic heterocycles. The van der Waals surface area contributed by atoms with Gasteiger partial charge in [-0.15, -0.1) is 0 Å². The van der Waals surface area contributed by atoms with Crippen molar-refractivity contribution in [3.63, 3.8) is 0 Å². The Kier molecular flexibility index (Phi) is 4.61. The highest BCUT2D eigenvalue weighted by Gasteiger charge is 2.38. The zero-order chi connectivity index (χ0) is 17.2. The van der Waals surface area contributed by atoms with Gasteiger partial charge in [-0.3, -0.25) is 4.79 Å². The molecule has 4 rings (SSSR count). The monoisotopic (exact) mass is 338 g/mol. The van der Waals surface area contributed by atoms with E-state index in [1.807, 2.05) is 12.1 Å². The van der Waals surface area contributed by atoms with Crippen molar-refractivity contribution in [3.05, 3.63) is 23.9 Å². The molecule has 0 bridgehead atoms. The van der Waals surface area contributed by atoms with Gasteiger partial charge in [-0.05, 0) is 55.6 Å². The number of hydrogen-bond acceptors (Lipinski definition) is 4. The van der Waals surface area contributed by atoms with Gasteiger partial charge in [0.25, 0.3) is 0 Å². The minimum Gasteiger partial charge on any atom is -0.357 e. The summed E-state index contributed by atoms with van der Waals surface area (Å²) in [5.41, 5.74) is 0.597. The molecule has 0 aromatic carbocycles. The van der Waals surface area contributed by atoms with Crippen molar-refractivity contribution in [2.45, 2.75) is 38.5 Å². The molecule has 1 aliphatic carbocycles. The van der Waals surface area contributed by atoms with Crippen LogP contribution in [0.1, 0.15) is 44.1 Å². The molecule has 1 amide bonds. The van der Waals surface area contributed by atoms with Gasteiger partial charge in [0.1, 0.15) is 11.9 Å². The molecule has 2 saturated heterocycles. The molecule has 3 fully saturated rings. The molecule has 2 aliphatic heterocycles. The summed E-state index contributed by atoms with van der Waals surface area (Å²) in [6.07, 6.45) is 8.46. The van der Waals surface area contributed by atoms with Crippen LogP contribution in [0.3, 0.4) is 0 Å². The summed E-state index contributed by atoms with van der Waals surface area (Å²) in [5, 5.41) is 8.86. The normalized spacial score (nSPS) is 26.5. The molecule has 5 nitrogen and oxygen atoms in total. The largest absolute Gasteiger partial charge is 0.357 e. The topological polar surface area (TPSA) is 60.2 Å². The number of pyridine rings is 1. The summed E-state index contributed by atoms with van der Waals surface area (Å²) in [5.74, 6) is 3.39. The van der Waals surface area contributed by atoms with E-state index in [0.29, 0.717) is 23.8 Å². The molecule has 1 saturated carbocycles. The van der Waals surface area contributed by atoms with Crippen molar-refractivity contribution >= 4 is 11.7 Å². The predicted molar refractivity (Wildman–Crippen MR) is 95.9 cm³/mol. The number of likely N-dealkylation sites (tertiary alicyclic amines) is 1. The fourth-order valence-corrected chi connectivity index (χ4v) is 4.82. The molecule has 132 valence electrons. The number of carbonyl (C=O) groups excluding carboxylic acids is 1. The van der Waals surface area contributed by atoms with Crippen LogP contribution in [0.4, 0.5) is 5.82 Å². The van der Waals surface area contributed by atoms with E-state index in [1.54, 1.807) is 6.20 Å². The molecule has 2 unspecified atom stereocenters. The van der Waals surface area contributed by atoms with Crippen molar-refractivity contribution in [2.75, 3.05) is 31.1 Å². The average molecular weight is 338 g/mol. The first-order chi connectivity index (χ1) is 12.2. The van der Waals surface area contributed by atoms with Gasteiger partial charge in [-0.1, -0.05) is 6.42 Å². The van der Waals surface area contributed by atoms with E-state index >= 15 is 0 Å². The van der Waals surface area contributed by atoms with E-state index in [9.17, 15) is 4.79 Å². The first-order valence-electron chi connectivity index (χ1n) is 9.62. The highest BCUT2D eigenvalue weighted by atomic mass is 16.2. The Hall–Kier alpha value is -2.09. The Bertz CT molecular complexity index is 645. The van der Waals surface area contributed by atoms with E-state index in [2.05, 4.69) is 20.9 Å². The number of fused-ring (bicyclic) bond motifs is 1. The lowest BCUT2D eigenvalue weighted by Crippen LogP contribution is -2.37. The Morgan fingerprint density at radius 3 is 2.48 bits per heavy atom. The molecule has 0 N–H and O–H groups in total. The van der Waals surface area contributed by atoms with E-state index < -0.39 is 0 Å². The van der Waals surface area contributed by atoms with Crippen LogP contribution >= 0.6 is 0 Å². The van der Waals surface area contributed by atoms with Gasteiger partial charge >= 0.3 is 0 Å². The van der Waals surface area contributed by atoms with Crippen LogP contribution in [0.5, 0.6) is 0 Å². The minimum atomic E-state index is 0.379. The summed E-state index contributed by atoms with van der Waals surface area (Å²) in [4.78, 5) is 21.4. The van der Waals surface area contributed by atoms with Gasteiger partial charge in [0.15, 0.2) is 0 Å². The highest BCUT2D eigenvalue weighted by molar-refractivity contribution is 5.76. The maximum absolute atomic E-state index is 12.6. The van der Waals surface area contributed by atoms with Gasteiger partial charge in [-0.25, -0.2) is 4.98 Å². The lowest BCUT2D eigenvalue weighted by atomic mass is 9.93. The zero-order valence-electron chi connectivity index (χ0n) is 14.7. The molecule has 25 heavy (non-hydrogen) atoms. The number of nitriles is 1. The first-order valence-corrected chi connectivity index (χ1v) is 9.62. The molecule has 0 radical (unpaired) electrons. The van der Waals surface area contributed by atoms with Crippen LogP contribution in [0.15, 0.2) is 18.3 Å². The Labute approximate surface area is 149 Å². The van der Waals surface area contributed by atoms with Gasteiger partial charge in [0.2, 0.25) is 5.91 Å². The number of piperidine rings is 1. The molecule has 1 aromatic rings. The second-order valence-electron chi connectivity index (χ2n) is 7.90. The number of hydrogen-bond donors (Lipinski definition) is 0. The summed E-state index contributed by atoms with van der Waals surface area (Å²) in [6.45, 7) is 3.92. The fraction of sp³-hybridized carbons (Fsp3) is 0.650. The second kappa shape index (κ2) is 7.03. The van der Waals surface area contributed by atoms with Crippen LogP contribution in [0, 0.1) is 29.1 Å². The van der Waals surface area contributed by atoms with E-state index in [-0.39, 0.29) is 0 Å². The third kappa shape index (κ3) is 3.49. The number of anilines is 1. The SMILES string of the molecule is N#Cc1ccc(N2CCC(CC(=O)N3CC4CCCC4C3)CC2)nc1. The number of carbonyl (C=O) groups is 1. The Balaban J connectivity index is 1.26. The van der Waals surface area contributed by atoms with Crippen LogP contribution in [0.2, 0.25) is 0 Å². The molecule has 0 spiro atoms. The lowest BCUT2D eigenvalue weighted by Gasteiger charge is -2.33. The molecule has 3 aliphatic rings. The Morgan fingerprint density at radius 1 is 1.16 bits per heavy atom. The van der Waals surface area contributed by atoms with E-state index in [1.165, 1.54) is 19.3 Å². The molecule has 3 heterocycles. The van der Waals surface area contributed by atoms with Gasteiger partial charge in [-0.2, -0.15) is 5.26 Å². The van der Waals surface area contributed by atoms with Crippen LogP contribution in [0.25, 0.3) is 0 Å². The average Bonchev–Trinajstić information content (AvgIpc) is 3.24. The Morgan fingerprint density at radius 2 is 1.88 bits per heavy atom. The summed E-state index contributed by atoms with van der Waals surface area (Å²) in [6, 6.07) is 5.85. The zero-order valence-corrected chi connectivity index (χ0v) is 14.7. The van der Waals surface area contributed by atoms with Gasteiger partial charge in [0.05, 0.1) is 5.56 Å². The van der Waals surface area contributed by atoms with Gasteiger partial charge < -0.3 is 9.80 Å². The smallest absolute Gasteiger partial charge is 0.222 e. The number of amides is 1. The quantitative estimate of drug-likeness (QED) is 0.850. The minimum absolute atomic E-state index is 0.379. The van der Waals surface area contributed by atoms with Crippen molar-refractivity contribution in [3.8, 4) is 6.07 Å². The summed E-state index contributed by atoms with van der Waals surface area (Å²) < 4.78 is 0. The summed E-state index contributed by atoms with van der Waals surface area (Å²) in [7, 11) is 0. The third-order valence-electron chi connectivity index (χ3n) is 6.36. The van der Waals surface area contributed by atoms with Crippen molar-refractivity contribution < 1.29 is 4.79 Å². The number of nitrogens with zero attached hydrogens (tertiary/aromatic N) is 4. The highest BCUT2D eigenvalue weighted by Crippen LogP contribution is 2.38. The van der Waals surface area contributed by atoms with Crippen LogP contribution in [-0.2, 0) is 4.79 Å². The molecule has 2 atom stereocenters. The maximum Gasteiger partial charge on any atom is 0.222 e. The second-order valence-corrected chi connectivity index (χ2v) is 7.90. The molecular formula is C20H26N4O. The van der Waals surface area contributed by atoms with E-state index in [4.69, 9.17) is 5.26 Å². The molecular weight excluding hydrogens is 312 g/mol. The van der Waals surface area contributed by atoms with Crippen LogP contribution < -0.4 is 4.90 Å². The van der Waals surface area contributed by atoms with Crippen molar-refractivity contribution in [1.82, 2.24) is 9.88 Å². The maximum atomic E-state index is 12.6. The number of rotatable bonds is 3. The predicted octanol–water partition coefficient (Wildman–Crippen LogP) is 2.82. The van der Waals surface area contributed by atoms with Crippen molar-refractivity contribution in [2.24, 2.45) is 17.8 Å². The van der Waals surface area contributed by atoms with Crippen LogP contribution in [-0.4, -0.2) is 42.0 Å². The molecule has 5 heteroatoms. The van der Waals surface area contributed by atoms with Crippen molar-refractivity contribution in [1.29, 1.82) is 5.26 Å². The lowest BCUT2D eigenvalue weighted by molar-refractivity contribution is -0.131. The van der Waals surface area contributed by atoms with E-state index in [0.717, 1.165) is 56.7 Å². The first kappa shape index (κ1) is 16.4. The number of aromatic nitrogens is 1. The summed E-state index contributed by atoms with van der Waals surface area (Å²) >= 11 is 0. The third-order valence-corrected chi connectivity index (χ3v) is 6.36. The fourth-order valence-electron chi connectivity index (χ4n) is 4.82. The standard InChI is InChI=1S/C20H26N4O/c21-11-16-4-5-19(22-12-16)23-8-6-15(7-9-23)10-20(25)24-13-17-2-1-3-18(17)14-24/h4-5,12,15,17-18H,1-3,6-10,13-14H2. The van der Waals surface area contributed by atoms with Gasteiger partial charge in [0, 0.05) is 38.8 Å².